The first-order valence-electron chi connectivity index (χ1n) is 5.91. The van der Waals surface area contributed by atoms with Crippen LogP contribution in [0.2, 0.25) is 5.02 Å². The molecule has 2 N–H and O–H groups in total. The molecule has 1 atom stereocenters. The molecular weight excluding hydrogens is 305 g/mol. The monoisotopic (exact) mass is 321 g/mol. The molecular formula is C12H17ClNO5P. The summed E-state index contributed by atoms with van der Waals surface area (Å²) < 4.78 is 21.8. The molecule has 0 fully saturated rings. The van der Waals surface area contributed by atoms with Gasteiger partial charge in [-0.1, -0.05) is 23.7 Å². The maximum Gasteiger partial charge on any atom is 0.457 e. The summed E-state index contributed by atoms with van der Waals surface area (Å²) in [5.74, 6) is -0.607. The number of hydrogen-bond acceptors (Lipinski definition) is 4. The highest BCUT2D eigenvalue weighted by Gasteiger charge is 2.38. The van der Waals surface area contributed by atoms with E-state index in [9.17, 15) is 14.3 Å². The first kappa shape index (κ1) is 17.0. The van der Waals surface area contributed by atoms with Gasteiger partial charge in [-0.15, -0.1) is 0 Å². The molecule has 0 bridgehead atoms. The van der Waals surface area contributed by atoms with Crippen LogP contribution in [0.5, 0.6) is 5.75 Å². The predicted octanol–water partition coefficient (Wildman–Crippen LogP) is 2.75. The highest BCUT2D eigenvalue weighted by atomic mass is 35.5. The largest absolute Gasteiger partial charge is 0.465 e. The third kappa shape index (κ3) is 4.80. The van der Waals surface area contributed by atoms with E-state index in [0.29, 0.717) is 0 Å². The average molecular weight is 322 g/mol. The van der Waals surface area contributed by atoms with E-state index < -0.39 is 19.3 Å². The lowest BCUT2D eigenvalue weighted by molar-refractivity contribution is -0.149. The third-order valence-corrected chi connectivity index (χ3v) is 3.86. The summed E-state index contributed by atoms with van der Waals surface area (Å²) in [5.41, 5.74) is -1.37. The van der Waals surface area contributed by atoms with Crippen LogP contribution in [-0.4, -0.2) is 23.0 Å². The van der Waals surface area contributed by atoms with E-state index in [-0.39, 0.29) is 17.4 Å². The van der Waals surface area contributed by atoms with Gasteiger partial charge in [-0.3, -0.25) is 4.79 Å². The molecule has 20 heavy (non-hydrogen) atoms. The Morgan fingerprint density at radius 2 is 2.05 bits per heavy atom. The van der Waals surface area contributed by atoms with Gasteiger partial charge in [0.1, 0.15) is 11.3 Å². The Morgan fingerprint density at radius 1 is 1.45 bits per heavy atom. The lowest BCUT2D eigenvalue weighted by Crippen LogP contribution is -2.46. The van der Waals surface area contributed by atoms with Crippen LogP contribution >= 0.6 is 19.3 Å². The second kappa shape index (κ2) is 6.59. The van der Waals surface area contributed by atoms with Crippen molar-refractivity contribution >= 4 is 25.3 Å². The average Bonchev–Trinajstić information content (AvgIpc) is 2.31. The van der Waals surface area contributed by atoms with Crippen molar-refractivity contribution in [3.05, 3.63) is 29.3 Å². The molecule has 6 nitrogen and oxygen atoms in total. The summed E-state index contributed by atoms with van der Waals surface area (Å²) in [6.07, 6.45) is 0. The molecule has 0 radical (unpaired) electrons. The molecule has 0 aliphatic rings. The molecule has 0 aromatic heterocycles. The summed E-state index contributed by atoms with van der Waals surface area (Å²) in [4.78, 5) is 21.5. The van der Waals surface area contributed by atoms with Crippen LogP contribution in [0.1, 0.15) is 20.8 Å². The molecule has 8 heteroatoms. The molecule has 0 amide bonds. The summed E-state index contributed by atoms with van der Waals surface area (Å²) in [6.45, 7) is 4.66. The molecule has 0 saturated carbocycles. The van der Waals surface area contributed by atoms with E-state index in [1.807, 2.05) is 0 Å². The van der Waals surface area contributed by atoms with Crippen LogP contribution < -0.4 is 9.61 Å². The number of benzene rings is 1. The minimum absolute atomic E-state index is 0.0483. The van der Waals surface area contributed by atoms with Gasteiger partial charge in [0.15, 0.2) is 0 Å². The smallest absolute Gasteiger partial charge is 0.457 e. The number of rotatable bonds is 6. The molecule has 1 aromatic carbocycles. The van der Waals surface area contributed by atoms with E-state index >= 15 is 0 Å². The number of hydrogen-bond donors (Lipinski definition) is 2. The second-order valence-corrected chi connectivity index (χ2v) is 6.35. The van der Waals surface area contributed by atoms with Gasteiger partial charge in [-0.25, -0.2) is 4.57 Å². The predicted molar refractivity (Wildman–Crippen MR) is 75.8 cm³/mol. The minimum Gasteiger partial charge on any atom is -0.465 e. The van der Waals surface area contributed by atoms with Gasteiger partial charge < -0.3 is 14.2 Å². The van der Waals surface area contributed by atoms with Crippen LogP contribution in [0.15, 0.2) is 24.3 Å². The molecule has 0 saturated heterocycles. The first-order valence-corrected chi connectivity index (χ1v) is 7.87. The van der Waals surface area contributed by atoms with Crippen molar-refractivity contribution in [1.29, 1.82) is 0 Å². The van der Waals surface area contributed by atoms with Crippen LogP contribution in [0.3, 0.4) is 0 Å². The van der Waals surface area contributed by atoms with E-state index in [1.54, 1.807) is 19.1 Å². The molecule has 1 rings (SSSR count). The third-order valence-electron chi connectivity index (χ3n) is 2.27. The molecule has 112 valence electrons. The van der Waals surface area contributed by atoms with Crippen LogP contribution in [-0.2, 0) is 14.1 Å². The number of esters is 1. The van der Waals surface area contributed by atoms with Crippen molar-refractivity contribution in [2.45, 2.75) is 26.3 Å². The van der Waals surface area contributed by atoms with E-state index in [2.05, 4.69) is 5.09 Å². The van der Waals surface area contributed by atoms with E-state index in [4.69, 9.17) is 20.9 Å². The number of halogens is 1. The van der Waals surface area contributed by atoms with Gasteiger partial charge in [-0.2, -0.15) is 5.09 Å². The van der Waals surface area contributed by atoms with Crippen molar-refractivity contribution in [1.82, 2.24) is 5.09 Å². The zero-order valence-corrected chi connectivity index (χ0v) is 13.1. The molecule has 0 aliphatic heterocycles. The summed E-state index contributed by atoms with van der Waals surface area (Å²) >= 11 is 5.84. The van der Waals surface area contributed by atoms with Gasteiger partial charge >= 0.3 is 13.7 Å². The SMILES string of the molecule is CCOC(=O)C(C)(C)NP(=O)(O)Oc1ccccc1Cl. The number of ether oxygens (including phenoxy) is 1. The molecule has 0 aliphatic carbocycles. The van der Waals surface area contributed by atoms with Gasteiger partial charge in [0, 0.05) is 0 Å². The Balaban J connectivity index is 2.82. The maximum atomic E-state index is 12.0. The van der Waals surface area contributed by atoms with Gasteiger partial charge in [-0.05, 0) is 32.9 Å². The summed E-state index contributed by atoms with van der Waals surface area (Å²) in [6, 6.07) is 6.24. The van der Waals surface area contributed by atoms with Crippen molar-refractivity contribution in [2.24, 2.45) is 0 Å². The first-order chi connectivity index (χ1) is 9.18. The second-order valence-electron chi connectivity index (χ2n) is 4.50. The zero-order chi connectivity index (χ0) is 15.4. The molecule has 0 heterocycles. The topological polar surface area (TPSA) is 84.9 Å². The normalized spacial score (nSPS) is 14.4. The maximum absolute atomic E-state index is 12.0. The van der Waals surface area contributed by atoms with Gasteiger partial charge in [0.2, 0.25) is 0 Å². The number of carbonyl (C=O) groups excluding carboxylic acids is 1. The Bertz CT molecular complexity index is 534. The number of nitrogens with one attached hydrogen (secondary N) is 1. The van der Waals surface area contributed by atoms with Gasteiger partial charge in [0.05, 0.1) is 11.6 Å². The zero-order valence-electron chi connectivity index (χ0n) is 11.4. The van der Waals surface area contributed by atoms with Crippen molar-refractivity contribution in [2.75, 3.05) is 6.61 Å². The Morgan fingerprint density at radius 3 is 2.60 bits per heavy atom. The number of carbonyl (C=O) groups is 1. The fraction of sp³-hybridized carbons (Fsp3) is 0.417. The quantitative estimate of drug-likeness (QED) is 0.619. The summed E-state index contributed by atoms with van der Waals surface area (Å²) in [5, 5.41) is 2.44. The Labute approximate surface area is 122 Å². The fourth-order valence-corrected chi connectivity index (χ4v) is 2.88. The highest BCUT2D eigenvalue weighted by molar-refractivity contribution is 7.51. The van der Waals surface area contributed by atoms with Crippen molar-refractivity contribution < 1.29 is 23.5 Å². The van der Waals surface area contributed by atoms with Crippen molar-refractivity contribution in [3.63, 3.8) is 0 Å². The Kier molecular flexibility index (Phi) is 5.59. The fourth-order valence-electron chi connectivity index (χ4n) is 1.39. The summed E-state index contributed by atoms with van der Waals surface area (Å²) in [7, 11) is -4.28. The Hall–Kier alpha value is -1.07. The van der Waals surface area contributed by atoms with Crippen LogP contribution in [0.25, 0.3) is 0 Å². The van der Waals surface area contributed by atoms with Crippen molar-refractivity contribution in [3.8, 4) is 5.75 Å². The van der Waals surface area contributed by atoms with E-state index in [1.165, 1.54) is 26.0 Å². The lowest BCUT2D eigenvalue weighted by Gasteiger charge is -2.26. The molecule has 1 unspecified atom stereocenters. The van der Waals surface area contributed by atoms with E-state index in [0.717, 1.165) is 0 Å². The molecule has 0 spiro atoms. The van der Waals surface area contributed by atoms with Crippen LogP contribution in [0, 0.1) is 0 Å². The standard InChI is InChI=1S/C12H17ClNO5P/c1-4-18-11(15)12(2,3)14-20(16,17)19-10-8-6-5-7-9(10)13/h5-8H,4H2,1-3H3,(H2,14,16,17). The number of para-hydroxylation sites is 1. The van der Waals surface area contributed by atoms with Crippen LogP contribution in [0.4, 0.5) is 0 Å². The highest BCUT2D eigenvalue weighted by Crippen LogP contribution is 2.43. The minimum atomic E-state index is -4.28. The molecule has 1 aromatic rings. The lowest BCUT2D eigenvalue weighted by atomic mass is 10.1. The van der Waals surface area contributed by atoms with Gasteiger partial charge in [0.25, 0.3) is 0 Å².